The van der Waals surface area contributed by atoms with Crippen LogP contribution in [-0.4, -0.2) is 12.0 Å². The van der Waals surface area contributed by atoms with E-state index in [4.69, 9.17) is 4.74 Å². The van der Waals surface area contributed by atoms with Gasteiger partial charge in [0.05, 0.1) is 6.10 Å². The molecule has 2 unspecified atom stereocenters. The highest BCUT2D eigenvalue weighted by molar-refractivity contribution is 5.81. The van der Waals surface area contributed by atoms with Gasteiger partial charge in [-0.1, -0.05) is 25.1 Å². The predicted molar refractivity (Wildman–Crippen MR) is 73.8 cm³/mol. The number of ether oxygens (including phenoxy) is 1. The van der Waals surface area contributed by atoms with E-state index in [1.807, 2.05) is 24.3 Å². The lowest BCUT2D eigenvalue weighted by atomic mass is 9.96. The second-order valence-electron chi connectivity index (χ2n) is 5.82. The van der Waals surface area contributed by atoms with Crippen molar-refractivity contribution >= 4 is 5.91 Å². The average Bonchev–Trinajstić information content (AvgIpc) is 3.09. The van der Waals surface area contributed by atoms with Gasteiger partial charge in [0.25, 0.3) is 0 Å². The highest BCUT2D eigenvalue weighted by Gasteiger charge is 2.38. The van der Waals surface area contributed by atoms with Gasteiger partial charge in [-0.2, -0.15) is 0 Å². The molecule has 2 fully saturated rings. The third-order valence-electron chi connectivity index (χ3n) is 4.22. The predicted octanol–water partition coefficient (Wildman–Crippen LogP) is 2.89. The third-order valence-corrected chi connectivity index (χ3v) is 4.22. The monoisotopic (exact) mass is 259 g/mol. The van der Waals surface area contributed by atoms with Crippen LogP contribution < -0.4 is 10.1 Å². The van der Waals surface area contributed by atoms with Gasteiger partial charge >= 0.3 is 0 Å². The van der Waals surface area contributed by atoms with Crippen LogP contribution in [0, 0.1) is 11.8 Å². The molecule has 1 N–H and O–H groups in total. The fraction of sp³-hybridized carbons (Fsp3) is 0.562. The maximum absolute atomic E-state index is 11.8. The lowest BCUT2D eigenvalue weighted by Crippen LogP contribution is -2.27. The van der Waals surface area contributed by atoms with Crippen molar-refractivity contribution in [2.45, 2.75) is 45.3 Å². The summed E-state index contributed by atoms with van der Waals surface area (Å²) in [7, 11) is 0. The Morgan fingerprint density at radius 3 is 2.74 bits per heavy atom. The second-order valence-corrected chi connectivity index (χ2v) is 5.82. The molecule has 2 aliphatic carbocycles. The first-order valence-electron chi connectivity index (χ1n) is 7.26. The lowest BCUT2D eigenvalue weighted by Gasteiger charge is -2.27. The van der Waals surface area contributed by atoms with Crippen molar-refractivity contribution in [3.63, 3.8) is 0 Å². The summed E-state index contributed by atoms with van der Waals surface area (Å²) < 4.78 is 5.96. The average molecular weight is 259 g/mol. The van der Waals surface area contributed by atoms with Crippen molar-refractivity contribution in [3.8, 4) is 5.75 Å². The Morgan fingerprint density at radius 2 is 2.11 bits per heavy atom. The van der Waals surface area contributed by atoms with Crippen molar-refractivity contribution in [3.05, 3.63) is 29.8 Å². The summed E-state index contributed by atoms with van der Waals surface area (Å²) >= 11 is 0. The summed E-state index contributed by atoms with van der Waals surface area (Å²) in [5.74, 6) is 1.91. The van der Waals surface area contributed by atoms with E-state index in [2.05, 4.69) is 12.2 Å². The lowest BCUT2D eigenvalue weighted by molar-refractivity contribution is -0.122. The maximum Gasteiger partial charge on any atom is 0.223 e. The zero-order valence-electron chi connectivity index (χ0n) is 11.4. The molecule has 2 aliphatic rings. The van der Waals surface area contributed by atoms with Crippen LogP contribution in [0.5, 0.6) is 5.75 Å². The fourth-order valence-electron chi connectivity index (χ4n) is 2.43. The summed E-state index contributed by atoms with van der Waals surface area (Å²) in [5.41, 5.74) is 1.08. The Labute approximate surface area is 114 Å². The molecule has 0 spiro atoms. The van der Waals surface area contributed by atoms with Gasteiger partial charge in [-0.25, -0.2) is 0 Å². The second kappa shape index (κ2) is 5.24. The third kappa shape index (κ3) is 2.91. The minimum Gasteiger partial charge on any atom is -0.490 e. The van der Waals surface area contributed by atoms with Crippen molar-refractivity contribution in [1.82, 2.24) is 5.32 Å². The van der Waals surface area contributed by atoms with Gasteiger partial charge in [0.15, 0.2) is 0 Å². The number of hydrogen-bond acceptors (Lipinski definition) is 2. The minimum absolute atomic E-state index is 0.186. The number of amides is 1. The van der Waals surface area contributed by atoms with Gasteiger partial charge in [0, 0.05) is 18.0 Å². The van der Waals surface area contributed by atoms with E-state index in [-0.39, 0.29) is 11.8 Å². The number of carbonyl (C=O) groups is 1. The zero-order chi connectivity index (χ0) is 13.2. The summed E-state index contributed by atoms with van der Waals surface area (Å²) in [4.78, 5) is 11.8. The van der Waals surface area contributed by atoms with E-state index in [9.17, 15) is 4.79 Å². The number of carbonyl (C=O) groups excluding carboxylic acids is 1. The Bertz CT molecular complexity index is 468. The van der Waals surface area contributed by atoms with Crippen molar-refractivity contribution in [2.24, 2.45) is 11.8 Å². The normalized spacial score (nSPS) is 25.5. The van der Waals surface area contributed by atoms with E-state index >= 15 is 0 Å². The van der Waals surface area contributed by atoms with Crippen LogP contribution in [0.2, 0.25) is 0 Å². The quantitative estimate of drug-likeness (QED) is 0.883. The number of rotatable bonds is 5. The van der Waals surface area contributed by atoms with Crippen LogP contribution in [0.4, 0.5) is 0 Å². The SMILES string of the molecule is CC1CC1C(=O)NCc1ccccc1OC1CCC1. The van der Waals surface area contributed by atoms with Gasteiger partial charge in [0.2, 0.25) is 5.91 Å². The molecule has 102 valence electrons. The molecule has 0 saturated heterocycles. The standard InChI is InChI=1S/C16H21NO2/c1-11-9-14(11)16(18)17-10-12-5-2-3-8-15(12)19-13-6-4-7-13/h2-3,5,8,11,13-14H,4,6-7,9-10H2,1H3,(H,17,18). The first kappa shape index (κ1) is 12.5. The molecule has 1 amide bonds. The van der Waals surface area contributed by atoms with E-state index in [1.165, 1.54) is 6.42 Å². The Balaban J connectivity index is 1.58. The smallest absolute Gasteiger partial charge is 0.223 e. The highest BCUT2D eigenvalue weighted by atomic mass is 16.5. The van der Waals surface area contributed by atoms with Crippen LogP contribution >= 0.6 is 0 Å². The van der Waals surface area contributed by atoms with Crippen LogP contribution in [0.1, 0.15) is 38.2 Å². The van der Waals surface area contributed by atoms with E-state index in [1.54, 1.807) is 0 Å². The molecule has 2 atom stereocenters. The van der Waals surface area contributed by atoms with Crippen LogP contribution in [0.25, 0.3) is 0 Å². The number of hydrogen-bond donors (Lipinski definition) is 1. The zero-order valence-corrected chi connectivity index (χ0v) is 11.4. The molecule has 0 aliphatic heterocycles. The summed E-state index contributed by atoms with van der Waals surface area (Å²) in [6.07, 6.45) is 4.98. The molecule has 2 saturated carbocycles. The van der Waals surface area contributed by atoms with Crippen molar-refractivity contribution < 1.29 is 9.53 Å². The minimum atomic E-state index is 0.186. The molecule has 1 aromatic rings. The number of nitrogens with one attached hydrogen (secondary N) is 1. The molecular formula is C16H21NO2. The molecule has 1 aromatic carbocycles. The molecule has 3 nitrogen and oxygen atoms in total. The number of para-hydroxylation sites is 1. The number of benzene rings is 1. The topological polar surface area (TPSA) is 38.3 Å². The molecule has 0 radical (unpaired) electrons. The van der Waals surface area contributed by atoms with Crippen molar-refractivity contribution in [2.75, 3.05) is 0 Å². The Hall–Kier alpha value is -1.51. The van der Waals surface area contributed by atoms with Gasteiger partial charge in [-0.3, -0.25) is 4.79 Å². The summed E-state index contributed by atoms with van der Waals surface area (Å²) in [5, 5.41) is 3.02. The Kier molecular flexibility index (Phi) is 3.45. The van der Waals surface area contributed by atoms with Crippen molar-refractivity contribution in [1.29, 1.82) is 0 Å². The molecule has 3 rings (SSSR count). The van der Waals surface area contributed by atoms with Crippen LogP contribution in [-0.2, 0) is 11.3 Å². The summed E-state index contributed by atoms with van der Waals surface area (Å²) in [6, 6.07) is 8.02. The first-order chi connectivity index (χ1) is 9.24. The van der Waals surface area contributed by atoms with Gasteiger partial charge in [-0.05, 0) is 37.7 Å². The molecule has 19 heavy (non-hydrogen) atoms. The molecule has 0 bridgehead atoms. The largest absolute Gasteiger partial charge is 0.490 e. The van der Waals surface area contributed by atoms with E-state index in [0.29, 0.717) is 18.6 Å². The van der Waals surface area contributed by atoms with Crippen LogP contribution in [0.3, 0.4) is 0 Å². The van der Waals surface area contributed by atoms with E-state index < -0.39 is 0 Å². The van der Waals surface area contributed by atoms with Crippen LogP contribution in [0.15, 0.2) is 24.3 Å². The molecular weight excluding hydrogens is 238 g/mol. The molecule has 0 aromatic heterocycles. The fourth-order valence-corrected chi connectivity index (χ4v) is 2.43. The molecule has 3 heteroatoms. The van der Waals surface area contributed by atoms with Gasteiger partial charge < -0.3 is 10.1 Å². The van der Waals surface area contributed by atoms with Gasteiger partial charge in [-0.15, -0.1) is 0 Å². The molecule has 0 heterocycles. The maximum atomic E-state index is 11.8. The Morgan fingerprint density at radius 1 is 1.37 bits per heavy atom. The van der Waals surface area contributed by atoms with E-state index in [0.717, 1.165) is 30.6 Å². The first-order valence-corrected chi connectivity index (χ1v) is 7.26. The summed E-state index contributed by atoms with van der Waals surface area (Å²) in [6.45, 7) is 2.70. The highest BCUT2D eigenvalue weighted by Crippen LogP contribution is 2.37. The van der Waals surface area contributed by atoms with Gasteiger partial charge in [0.1, 0.15) is 5.75 Å².